The Balaban J connectivity index is 1.46. The number of pyridine rings is 1. The highest BCUT2D eigenvalue weighted by molar-refractivity contribution is 7.17. The first-order valence-corrected chi connectivity index (χ1v) is 13.4. The van der Waals surface area contributed by atoms with Gasteiger partial charge in [-0.25, -0.2) is 15.0 Å². The van der Waals surface area contributed by atoms with Crippen molar-refractivity contribution in [1.82, 2.24) is 25.3 Å². The van der Waals surface area contributed by atoms with Crippen LogP contribution in [-0.2, 0) is 22.2 Å². The van der Waals surface area contributed by atoms with Crippen LogP contribution in [0.3, 0.4) is 0 Å². The smallest absolute Gasteiger partial charge is 0.365 e. The maximum atomic E-state index is 14.3. The molecule has 2 aliphatic heterocycles. The lowest BCUT2D eigenvalue weighted by Crippen LogP contribution is -2.49. The molecule has 2 aliphatic rings. The van der Waals surface area contributed by atoms with Crippen LogP contribution in [0.15, 0.2) is 42.6 Å². The molecule has 43 heavy (non-hydrogen) atoms. The molecular formula is C26H20F6N6O4S. The Morgan fingerprint density at radius 2 is 1.74 bits per heavy atom. The molecule has 1 saturated heterocycles. The third kappa shape index (κ3) is 5.76. The number of hydrazine groups is 1. The van der Waals surface area contributed by atoms with Gasteiger partial charge in [0.15, 0.2) is 0 Å². The minimum absolute atomic E-state index is 0.0183. The van der Waals surface area contributed by atoms with E-state index in [4.69, 9.17) is 5.73 Å². The number of benzene rings is 1. The molecule has 1 fully saturated rings. The Bertz CT molecular complexity index is 1610. The minimum Gasteiger partial charge on any atom is -0.365 e. The van der Waals surface area contributed by atoms with E-state index in [0.29, 0.717) is 23.8 Å². The average molecular weight is 627 g/mol. The molecule has 0 bridgehead atoms. The fourth-order valence-corrected chi connectivity index (χ4v) is 5.78. The van der Waals surface area contributed by atoms with Crippen molar-refractivity contribution in [1.29, 1.82) is 0 Å². The normalized spacial score (nSPS) is 17.8. The summed E-state index contributed by atoms with van der Waals surface area (Å²) >= 11 is 0.529. The SMILES string of the molecule is NC(=O)c1sc(-c2ccc(C(F)(F)F)nc2)nc1C[C@H](C(=O)N[C@@H]1C(=O)N2CCCN2C(=O)c2ccccc21)C(F)(F)F. The second kappa shape index (κ2) is 10.9. The number of hydrogen-bond donors (Lipinski definition) is 2. The number of primary amides is 1. The summed E-state index contributed by atoms with van der Waals surface area (Å²) in [5, 5.41) is 4.27. The van der Waals surface area contributed by atoms with Gasteiger partial charge in [0.2, 0.25) is 5.91 Å². The number of halogens is 6. The number of amides is 4. The fraction of sp³-hybridized carbons (Fsp3) is 0.308. The number of hydrogen-bond acceptors (Lipinski definition) is 7. The van der Waals surface area contributed by atoms with Gasteiger partial charge in [-0.15, -0.1) is 11.3 Å². The van der Waals surface area contributed by atoms with Gasteiger partial charge in [0, 0.05) is 36.8 Å². The molecule has 3 N–H and O–H groups in total. The second-order valence-corrected chi connectivity index (χ2v) is 10.7. The summed E-state index contributed by atoms with van der Waals surface area (Å²) in [6.07, 6.45) is -9.88. The topological polar surface area (TPSA) is 139 Å². The van der Waals surface area contributed by atoms with Crippen LogP contribution in [0.5, 0.6) is 0 Å². The first-order valence-electron chi connectivity index (χ1n) is 12.6. The largest absolute Gasteiger partial charge is 0.433 e. The van der Waals surface area contributed by atoms with Crippen molar-refractivity contribution >= 4 is 35.0 Å². The van der Waals surface area contributed by atoms with Crippen LogP contribution < -0.4 is 11.1 Å². The molecule has 2 aromatic heterocycles. The van der Waals surface area contributed by atoms with Gasteiger partial charge in [-0.2, -0.15) is 26.3 Å². The molecule has 10 nitrogen and oxygen atoms in total. The van der Waals surface area contributed by atoms with Crippen LogP contribution in [0, 0.1) is 5.92 Å². The summed E-state index contributed by atoms with van der Waals surface area (Å²) in [5.74, 6) is -6.94. The van der Waals surface area contributed by atoms with E-state index < -0.39 is 70.6 Å². The van der Waals surface area contributed by atoms with Crippen molar-refractivity contribution in [2.45, 2.75) is 31.2 Å². The highest BCUT2D eigenvalue weighted by atomic mass is 32.1. The molecule has 4 amide bonds. The number of nitrogens with one attached hydrogen (secondary N) is 1. The molecule has 17 heteroatoms. The lowest BCUT2D eigenvalue weighted by molar-refractivity contribution is -0.183. The molecule has 0 radical (unpaired) electrons. The predicted molar refractivity (Wildman–Crippen MR) is 137 cm³/mol. The highest BCUT2D eigenvalue weighted by Crippen LogP contribution is 2.36. The van der Waals surface area contributed by atoms with Crippen molar-refractivity contribution < 1.29 is 45.5 Å². The van der Waals surface area contributed by atoms with E-state index in [0.717, 1.165) is 17.3 Å². The minimum atomic E-state index is -5.19. The summed E-state index contributed by atoms with van der Waals surface area (Å²) in [6, 6.07) is 5.74. The van der Waals surface area contributed by atoms with Gasteiger partial charge >= 0.3 is 12.4 Å². The van der Waals surface area contributed by atoms with Crippen LogP contribution >= 0.6 is 11.3 Å². The third-order valence-electron chi connectivity index (χ3n) is 6.89. The number of rotatable bonds is 6. The number of carbonyl (C=O) groups is 4. The number of fused-ring (bicyclic) bond motifs is 2. The molecule has 0 unspecified atom stereocenters. The first-order chi connectivity index (χ1) is 20.2. The van der Waals surface area contributed by atoms with Gasteiger partial charge in [0.25, 0.3) is 17.7 Å². The molecule has 5 rings (SSSR count). The van der Waals surface area contributed by atoms with Crippen molar-refractivity contribution in [3.63, 3.8) is 0 Å². The number of nitrogens with zero attached hydrogens (tertiary/aromatic N) is 4. The van der Waals surface area contributed by atoms with Gasteiger partial charge in [-0.1, -0.05) is 18.2 Å². The second-order valence-electron chi connectivity index (χ2n) is 9.66. The van der Waals surface area contributed by atoms with E-state index in [1.807, 2.05) is 0 Å². The van der Waals surface area contributed by atoms with Crippen LogP contribution in [0.1, 0.15) is 49.4 Å². The van der Waals surface area contributed by atoms with Crippen molar-refractivity contribution in [3.8, 4) is 10.6 Å². The van der Waals surface area contributed by atoms with Gasteiger partial charge in [0.05, 0.1) is 5.69 Å². The van der Waals surface area contributed by atoms with E-state index >= 15 is 0 Å². The lowest BCUT2D eigenvalue weighted by Gasteiger charge is -2.28. The van der Waals surface area contributed by atoms with Gasteiger partial charge in [-0.05, 0) is 30.2 Å². The van der Waals surface area contributed by atoms with E-state index in [2.05, 4.69) is 15.3 Å². The predicted octanol–water partition coefficient (Wildman–Crippen LogP) is 3.50. The Labute approximate surface area is 242 Å². The number of thiazole rings is 1. The summed E-state index contributed by atoms with van der Waals surface area (Å²) < 4.78 is 81.6. The van der Waals surface area contributed by atoms with E-state index in [1.165, 1.54) is 29.3 Å². The monoisotopic (exact) mass is 626 g/mol. The first kappa shape index (κ1) is 29.9. The Morgan fingerprint density at radius 1 is 1.05 bits per heavy atom. The number of nitrogens with two attached hydrogens (primary N) is 1. The molecule has 2 atom stereocenters. The van der Waals surface area contributed by atoms with Crippen LogP contribution in [0.25, 0.3) is 10.6 Å². The molecule has 226 valence electrons. The molecule has 3 aromatic rings. The van der Waals surface area contributed by atoms with Crippen LogP contribution in [0.4, 0.5) is 26.3 Å². The van der Waals surface area contributed by atoms with Crippen molar-refractivity contribution in [2.75, 3.05) is 13.1 Å². The van der Waals surface area contributed by atoms with E-state index in [9.17, 15) is 45.5 Å². The Hall–Kier alpha value is -4.54. The highest BCUT2D eigenvalue weighted by Gasteiger charge is 2.48. The van der Waals surface area contributed by atoms with Crippen LogP contribution in [0.2, 0.25) is 0 Å². The fourth-order valence-electron chi connectivity index (χ4n) is 4.84. The standard InChI is InChI=1S/C26H20F6N6O4S/c27-25(28,29)15(10-16-19(20(33)39)43-22(35-16)12-6-7-17(34-11-12)26(30,31)32)21(40)36-18-13-4-1-2-5-14(13)23(41)37-8-3-9-38(37)24(18)42/h1-2,4-7,11,15,18H,3,8-10H2,(H2,33,39)(H,36,40)/t15-,18+/m1/s1. The Morgan fingerprint density at radius 3 is 2.37 bits per heavy atom. The average Bonchev–Trinajstić information content (AvgIpc) is 3.59. The summed E-state index contributed by atoms with van der Waals surface area (Å²) in [5.41, 5.74) is 3.65. The third-order valence-corrected chi connectivity index (χ3v) is 8.05. The molecular weight excluding hydrogens is 606 g/mol. The molecule has 0 aliphatic carbocycles. The molecule has 0 saturated carbocycles. The molecule has 1 aromatic carbocycles. The van der Waals surface area contributed by atoms with Crippen LogP contribution in [-0.4, -0.2) is 62.9 Å². The number of aromatic nitrogens is 2. The quantitative estimate of drug-likeness (QED) is 0.402. The number of alkyl halides is 6. The van der Waals surface area contributed by atoms with E-state index in [1.54, 1.807) is 0 Å². The zero-order valence-corrected chi connectivity index (χ0v) is 22.5. The summed E-state index contributed by atoms with van der Waals surface area (Å²) in [4.78, 5) is 58.6. The maximum absolute atomic E-state index is 14.3. The Kier molecular flexibility index (Phi) is 7.62. The summed E-state index contributed by atoms with van der Waals surface area (Å²) in [6.45, 7) is 0.331. The lowest BCUT2D eigenvalue weighted by atomic mass is 9.96. The van der Waals surface area contributed by atoms with Gasteiger partial charge in [-0.3, -0.25) is 24.2 Å². The zero-order chi connectivity index (χ0) is 31.3. The van der Waals surface area contributed by atoms with Crippen molar-refractivity contribution in [3.05, 3.63) is 70.0 Å². The maximum Gasteiger partial charge on any atom is 0.433 e. The summed E-state index contributed by atoms with van der Waals surface area (Å²) in [7, 11) is 0. The van der Waals surface area contributed by atoms with Gasteiger partial charge in [0.1, 0.15) is 27.5 Å². The zero-order valence-electron chi connectivity index (χ0n) is 21.7. The van der Waals surface area contributed by atoms with E-state index in [-0.39, 0.29) is 34.8 Å². The molecule has 4 heterocycles. The van der Waals surface area contributed by atoms with Crippen molar-refractivity contribution in [2.24, 2.45) is 11.7 Å². The van der Waals surface area contributed by atoms with Gasteiger partial charge < -0.3 is 11.1 Å². The molecule has 0 spiro atoms. The number of carbonyl (C=O) groups excluding carboxylic acids is 4.